The Morgan fingerprint density at radius 1 is 1.33 bits per heavy atom. The van der Waals surface area contributed by atoms with Gasteiger partial charge in [0.2, 0.25) is 0 Å². The van der Waals surface area contributed by atoms with Crippen LogP contribution in [0, 0.1) is 5.41 Å². The molecule has 0 aromatic heterocycles. The van der Waals surface area contributed by atoms with Crippen LogP contribution in [0.3, 0.4) is 0 Å². The fraction of sp³-hybridized carbons (Fsp3) is 0.833. The first-order valence-corrected chi connectivity index (χ1v) is 6.37. The van der Waals surface area contributed by atoms with Crippen molar-refractivity contribution in [3.05, 3.63) is 0 Å². The van der Waals surface area contributed by atoms with E-state index in [2.05, 4.69) is 5.43 Å². The zero-order valence-electron chi connectivity index (χ0n) is 11.4. The zero-order chi connectivity index (χ0) is 13.8. The van der Waals surface area contributed by atoms with E-state index in [-0.39, 0.29) is 6.03 Å². The van der Waals surface area contributed by atoms with Gasteiger partial charge in [0.1, 0.15) is 0 Å². The van der Waals surface area contributed by atoms with Gasteiger partial charge in [0.25, 0.3) is 0 Å². The van der Waals surface area contributed by atoms with Crippen molar-refractivity contribution in [1.29, 1.82) is 0 Å². The third kappa shape index (κ3) is 3.35. The number of piperidine rings is 1. The summed E-state index contributed by atoms with van der Waals surface area (Å²) in [6, 6.07) is -0.157. The molecule has 0 aliphatic carbocycles. The standard InChI is InChI=1S/C12H23N3O3/c1-4-5-12(10(16)17)6-8-15(9-7-12)11(18)13-14(2)3/h4-9H2,1-3H3,(H,13,18)(H,16,17). The molecule has 2 N–H and O–H groups in total. The van der Waals surface area contributed by atoms with Crippen molar-refractivity contribution in [3.63, 3.8) is 0 Å². The Labute approximate surface area is 108 Å². The first-order valence-electron chi connectivity index (χ1n) is 6.37. The first-order chi connectivity index (χ1) is 8.41. The summed E-state index contributed by atoms with van der Waals surface area (Å²) in [5.74, 6) is -0.725. The average molecular weight is 257 g/mol. The molecule has 1 heterocycles. The van der Waals surface area contributed by atoms with E-state index in [1.807, 2.05) is 6.92 Å². The summed E-state index contributed by atoms with van der Waals surface area (Å²) in [6.45, 7) is 3.01. The summed E-state index contributed by atoms with van der Waals surface area (Å²) >= 11 is 0. The van der Waals surface area contributed by atoms with E-state index in [0.717, 1.165) is 6.42 Å². The number of rotatable bonds is 4. The van der Waals surface area contributed by atoms with E-state index in [4.69, 9.17) is 0 Å². The number of likely N-dealkylation sites (tertiary alicyclic amines) is 1. The van der Waals surface area contributed by atoms with Crippen molar-refractivity contribution in [2.45, 2.75) is 32.6 Å². The van der Waals surface area contributed by atoms with E-state index < -0.39 is 11.4 Å². The molecule has 104 valence electrons. The summed E-state index contributed by atoms with van der Waals surface area (Å²) in [4.78, 5) is 24.8. The van der Waals surface area contributed by atoms with Crippen LogP contribution in [-0.2, 0) is 4.79 Å². The van der Waals surface area contributed by atoms with Gasteiger partial charge < -0.3 is 10.0 Å². The molecule has 6 nitrogen and oxygen atoms in total. The maximum absolute atomic E-state index is 11.8. The van der Waals surface area contributed by atoms with Gasteiger partial charge in [0.05, 0.1) is 5.41 Å². The Morgan fingerprint density at radius 2 is 1.89 bits per heavy atom. The molecule has 6 heteroatoms. The number of hydrogen-bond acceptors (Lipinski definition) is 3. The molecule has 2 amide bonds. The van der Waals surface area contributed by atoms with Crippen LogP contribution in [0.5, 0.6) is 0 Å². The number of nitrogens with zero attached hydrogens (tertiary/aromatic N) is 2. The van der Waals surface area contributed by atoms with Crippen LogP contribution in [0.4, 0.5) is 4.79 Å². The molecule has 0 spiro atoms. The van der Waals surface area contributed by atoms with Crippen molar-refractivity contribution in [2.24, 2.45) is 5.41 Å². The number of carbonyl (C=O) groups excluding carboxylic acids is 1. The van der Waals surface area contributed by atoms with Crippen LogP contribution in [0.1, 0.15) is 32.6 Å². The second kappa shape index (κ2) is 6.04. The number of urea groups is 1. The zero-order valence-corrected chi connectivity index (χ0v) is 11.4. The third-order valence-electron chi connectivity index (χ3n) is 3.51. The maximum atomic E-state index is 11.8. The highest BCUT2D eigenvalue weighted by atomic mass is 16.4. The number of nitrogens with one attached hydrogen (secondary N) is 1. The number of carbonyl (C=O) groups is 2. The molecule has 1 saturated heterocycles. The van der Waals surface area contributed by atoms with Gasteiger partial charge in [0.15, 0.2) is 0 Å². The number of amides is 2. The molecule has 18 heavy (non-hydrogen) atoms. The quantitative estimate of drug-likeness (QED) is 0.741. The van der Waals surface area contributed by atoms with E-state index >= 15 is 0 Å². The highest BCUT2D eigenvalue weighted by molar-refractivity contribution is 5.77. The van der Waals surface area contributed by atoms with E-state index in [0.29, 0.717) is 32.4 Å². The maximum Gasteiger partial charge on any atom is 0.331 e. The SMILES string of the molecule is CCCC1(C(=O)O)CCN(C(=O)NN(C)C)CC1. The number of hydrazine groups is 1. The smallest absolute Gasteiger partial charge is 0.331 e. The van der Waals surface area contributed by atoms with Crippen LogP contribution in [-0.4, -0.2) is 54.2 Å². The van der Waals surface area contributed by atoms with Gasteiger partial charge in [-0.05, 0) is 19.3 Å². The highest BCUT2D eigenvalue weighted by Crippen LogP contribution is 2.36. The lowest BCUT2D eigenvalue weighted by molar-refractivity contribution is -0.152. The lowest BCUT2D eigenvalue weighted by atomic mass is 9.75. The summed E-state index contributed by atoms with van der Waals surface area (Å²) in [6.07, 6.45) is 2.62. The molecule has 0 unspecified atom stereocenters. The molecule has 0 radical (unpaired) electrons. The van der Waals surface area contributed by atoms with E-state index in [9.17, 15) is 14.7 Å². The van der Waals surface area contributed by atoms with Crippen LogP contribution in [0.2, 0.25) is 0 Å². The fourth-order valence-corrected chi connectivity index (χ4v) is 2.45. The third-order valence-corrected chi connectivity index (χ3v) is 3.51. The van der Waals surface area contributed by atoms with Gasteiger partial charge in [-0.3, -0.25) is 10.2 Å². The summed E-state index contributed by atoms with van der Waals surface area (Å²) in [7, 11) is 3.50. The van der Waals surface area contributed by atoms with Crippen molar-refractivity contribution in [2.75, 3.05) is 27.2 Å². The number of carboxylic acids is 1. The molecule has 0 saturated carbocycles. The topological polar surface area (TPSA) is 72.9 Å². The van der Waals surface area contributed by atoms with E-state index in [1.165, 1.54) is 0 Å². The number of carboxylic acid groups (broad SMARTS) is 1. The Balaban J connectivity index is 2.58. The van der Waals surface area contributed by atoms with Crippen LogP contribution in [0.25, 0.3) is 0 Å². The second-order valence-electron chi connectivity index (χ2n) is 5.13. The molecule has 1 aliphatic rings. The predicted molar refractivity (Wildman–Crippen MR) is 68.0 cm³/mol. The van der Waals surface area contributed by atoms with Crippen molar-refractivity contribution >= 4 is 12.0 Å². The summed E-state index contributed by atoms with van der Waals surface area (Å²) in [5, 5.41) is 11.0. The summed E-state index contributed by atoms with van der Waals surface area (Å²) < 4.78 is 0. The highest BCUT2D eigenvalue weighted by Gasteiger charge is 2.41. The molecule has 0 aromatic carbocycles. The number of aliphatic carboxylic acids is 1. The molecular formula is C12H23N3O3. The van der Waals surface area contributed by atoms with E-state index in [1.54, 1.807) is 24.0 Å². The first kappa shape index (κ1) is 14.8. The van der Waals surface area contributed by atoms with Gasteiger partial charge in [0, 0.05) is 27.2 Å². The minimum absolute atomic E-state index is 0.157. The molecular weight excluding hydrogens is 234 g/mol. The Bertz CT molecular complexity index is 310. The Morgan fingerprint density at radius 3 is 2.28 bits per heavy atom. The Hall–Kier alpha value is -1.30. The van der Waals surface area contributed by atoms with Crippen molar-refractivity contribution in [1.82, 2.24) is 15.3 Å². The van der Waals surface area contributed by atoms with Crippen molar-refractivity contribution in [3.8, 4) is 0 Å². The lowest BCUT2D eigenvalue weighted by Crippen LogP contribution is -2.52. The molecule has 1 fully saturated rings. The predicted octanol–water partition coefficient (Wildman–Crippen LogP) is 1.14. The second-order valence-corrected chi connectivity index (χ2v) is 5.13. The molecule has 0 bridgehead atoms. The molecule has 1 aliphatic heterocycles. The minimum atomic E-state index is -0.725. The lowest BCUT2D eigenvalue weighted by Gasteiger charge is -2.39. The molecule has 0 atom stereocenters. The van der Waals surface area contributed by atoms with Gasteiger partial charge in [-0.25, -0.2) is 9.80 Å². The Kier molecular flexibility index (Phi) is 4.95. The van der Waals surface area contributed by atoms with Crippen LogP contribution < -0.4 is 5.43 Å². The monoisotopic (exact) mass is 257 g/mol. The van der Waals surface area contributed by atoms with Crippen molar-refractivity contribution < 1.29 is 14.7 Å². The summed E-state index contributed by atoms with van der Waals surface area (Å²) in [5.41, 5.74) is 2.04. The van der Waals surface area contributed by atoms with Gasteiger partial charge in [-0.2, -0.15) is 0 Å². The fourth-order valence-electron chi connectivity index (χ4n) is 2.45. The number of hydrogen-bond donors (Lipinski definition) is 2. The average Bonchev–Trinajstić information content (AvgIpc) is 2.29. The van der Waals surface area contributed by atoms with Gasteiger partial charge >= 0.3 is 12.0 Å². The largest absolute Gasteiger partial charge is 0.481 e. The normalized spacial score (nSPS) is 18.8. The van der Waals surface area contributed by atoms with Gasteiger partial charge in [-0.15, -0.1) is 0 Å². The van der Waals surface area contributed by atoms with Crippen LogP contribution in [0.15, 0.2) is 0 Å². The van der Waals surface area contributed by atoms with Crippen LogP contribution >= 0.6 is 0 Å². The minimum Gasteiger partial charge on any atom is -0.481 e. The van der Waals surface area contributed by atoms with Gasteiger partial charge in [-0.1, -0.05) is 13.3 Å². The molecule has 0 aromatic rings. The molecule has 1 rings (SSSR count).